The second-order valence-corrected chi connectivity index (χ2v) is 3.61. The Hall–Kier alpha value is -2.63. The molecule has 0 spiro atoms. The fourth-order valence-electron chi connectivity index (χ4n) is 1.57. The van der Waals surface area contributed by atoms with Crippen molar-refractivity contribution in [3.63, 3.8) is 0 Å². The second kappa shape index (κ2) is 4.33. The van der Waals surface area contributed by atoms with E-state index in [-0.39, 0.29) is 0 Å². The van der Waals surface area contributed by atoms with Crippen molar-refractivity contribution in [3.05, 3.63) is 48.8 Å². The SMILES string of the molecule is Fc1cc(-c2n[nH]c(-c3ccncc3)n2)ccn1. The Labute approximate surface area is 102 Å². The largest absolute Gasteiger partial charge is 0.265 e. The highest BCUT2D eigenvalue weighted by molar-refractivity contribution is 5.60. The van der Waals surface area contributed by atoms with Gasteiger partial charge in [-0.3, -0.25) is 10.1 Å². The molecule has 0 unspecified atom stereocenters. The molecule has 18 heavy (non-hydrogen) atoms. The van der Waals surface area contributed by atoms with E-state index in [9.17, 15) is 4.39 Å². The van der Waals surface area contributed by atoms with Crippen LogP contribution in [0.2, 0.25) is 0 Å². The normalized spacial score (nSPS) is 10.5. The number of rotatable bonds is 2. The highest BCUT2D eigenvalue weighted by Crippen LogP contribution is 2.19. The molecule has 0 aliphatic carbocycles. The first-order valence-electron chi connectivity index (χ1n) is 5.27. The average Bonchev–Trinajstić information content (AvgIpc) is 2.89. The van der Waals surface area contributed by atoms with Gasteiger partial charge in [-0.2, -0.15) is 9.49 Å². The highest BCUT2D eigenvalue weighted by Gasteiger charge is 2.08. The Kier molecular flexibility index (Phi) is 2.53. The van der Waals surface area contributed by atoms with Gasteiger partial charge in [0.25, 0.3) is 0 Å². The summed E-state index contributed by atoms with van der Waals surface area (Å²) in [5.74, 6) is 0.496. The van der Waals surface area contributed by atoms with Crippen LogP contribution in [0.1, 0.15) is 0 Å². The van der Waals surface area contributed by atoms with Crippen LogP contribution in [-0.2, 0) is 0 Å². The topological polar surface area (TPSA) is 67.3 Å². The monoisotopic (exact) mass is 241 g/mol. The van der Waals surface area contributed by atoms with Crippen LogP contribution in [0, 0.1) is 5.95 Å². The summed E-state index contributed by atoms with van der Waals surface area (Å²) in [5, 5.41) is 6.86. The molecular weight excluding hydrogens is 233 g/mol. The molecule has 1 N–H and O–H groups in total. The molecule has 0 fully saturated rings. The number of aromatic amines is 1. The molecule has 0 aliphatic rings. The number of halogens is 1. The van der Waals surface area contributed by atoms with Gasteiger partial charge in [0.2, 0.25) is 5.95 Å². The van der Waals surface area contributed by atoms with Crippen molar-refractivity contribution in [1.29, 1.82) is 0 Å². The third kappa shape index (κ3) is 1.95. The Balaban J connectivity index is 2.00. The molecule has 88 valence electrons. The number of nitrogens with one attached hydrogen (secondary N) is 1. The molecule has 0 atom stereocenters. The maximum absolute atomic E-state index is 13.0. The van der Waals surface area contributed by atoms with E-state index in [1.165, 1.54) is 12.3 Å². The van der Waals surface area contributed by atoms with Gasteiger partial charge in [-0.1, -0.05) is 0 Å². The van der Waals surface area contributed by atoms with E-state index >= 15 is 0 Å². The molecule has 0 aromatic carbocycles. The Bertz CT molecular complexity index is 665. The van der Waals surface area contributed by atoms with Crippen molar-refractivity contribution in [1.82, 2.24) is 25.1 Å². The molecule has 3 rings (SSSR count). The minimum atomic E-state index is -0.553. The van der Waals surface area contributed by atoms with Gasteiger partial charge in [0.15, 0.2) is 11.6 Å². The molecule has 0 radical (unpaired) electrons. The molecule has 6 heteroatoms. The Morgan fingerprint density at radius 3 is 2.56 bits per heavy atom. The summed E-state index contributed by atoms with van der Waals surface area (Å²) >= 11 is 0. The first-order valence-corrected chi connectivity index (χ1v) is 5.27. The second-order valence-electron chi connectivity index (χ2n) is 3.61. The minimum absolute atomic E-state index is 0.433. The number of hydrogen-bond donors (Lipinski definition) is 1. The summed E-state index contributed by atoms with van der Waals surface area (Å²) in [4.78, 5) is 11.7. The quantitative estimate of drug-likeness (QED) is 0.697. The van der Waals surface area contributed by atoms with Crippen molar-refractivity contribution in [2.24, 2.45) is 0 Å². The van der Waals surface area contributed by atoms with Crippen LogP contribution in [0.3, 0.4) is 0 Å². The van der Waals surface area contributed by atoms with E-state index in [0.29, 0.717) is 17.2 Å². The van der Waals surface area contributed by atoms with Crippen LogP contribution in [0.5, 0.6) is 0 Å². The van der Waals surface area contributed by atoms with Gasteiger partial charge in [0, 0.05) is 35.8 Å². The van der Waals surface area contributed by atoms with Gasteiger partial charge < -0.3 is 0 Å². The molecular formula is C12H8FN5. The van der Waals surface area contributed by atoms with E-state index in [0.717, 1.165) is 5.56 Å². The summed E-state index contributed by atoms with van der Waals surface area (Å²) in [5.41, 5.74) is 1.46. The maximum Gasteiger partial charge on any atom is 0.213 e. The van der Waals surface area contributed by atoms with Crippen molar-refractivity contribution < 1.29 is 4.39 Å². The van der Waals surface area contributed by atoms with Gasteiger partial charge >= 0.3 is 0 Å². The number of aromatic nitrogens is 5. The van der Waals surface area contributed by atoms with Crippen LogP contribution < -0.4 is 0 Å². The van der Waals surface area contributed by atoms with Crippen molar-refractivity contribution in [2.45, 2.75) is 0 Å². The molecule has 0 saturated carbocycles. The van der Waals surface area contributed by atoms with E-state index in [4.69, 9.17) is 0 Å². The molecule has 0 saturated heterocycles. The maximum atomic E-state index is 13.0. The molecule has 0 bridgehead atoms. The highest BCUT2D eigenvalue weighted by atomic mass is 19.1. The third-order valence-corrected chi connectivity index (χ3v) is 2.42. The van der Waals surface area contributed by atoms with Gasteiger partial charge in [0.05, 0.1) is 0 Å². The molecule has 3 aromatic rings. The predicted molar refractivity (Wildman–Crippen MR) is 62.8 cm³/mol. The first-order chi connectivity index (χ1) is 8.83. The average molecular weight is 241 g/mol. The summed E-state index contributed by atoms with van der Waals surface area (Å²) in [7, 11) is 0. The standard InChI is InChI=1S/C12H8FN5/c13-10-7-9(3-6-15-10)12-16-11(17-18-12)8-1-4-14-5-2-8/h1-7H,(H,16,17,18). The lowest BCUT2D eigenvalue weighted by molar-refractivity contribution is 0.584. The number of H-pyrrole nitrogens is 1. The summed E-state index contributed by atoms with van der Waals surface area (Å²) < 4.78 is 13.0. The van der Waals surface area contributed by atoms with Crippen molar-refractivity contribution in [3.8, 4) is 22.8 Å². The molecule has 5 nitrogen and oxygen atoms in total. The van der Waals surface area contributed by atoms with E-state index in [1.807, 2.05) is 12.1 Å². The van der Waals surface area contributed by atoms with E-state index in [1.54, 1.807) is 18.5 Å². The number of hydrogen-bond acceptors (Lipinski definition) is 4. The van der Waals surface area contributed by atoms with Gasteiger partial charge in [-0.15, -0.1) is 0 Å². The molecule has 3 aromatic heterocycles. The van der Waals surface area contributed by atoms with Crippen LogP contribution in [-0.4, -0.2) is 25.1 Å². The molecule has 3 heterocycles. The van der Waals surface area contributed by atoms with Gasteiger partial charge in [-0.25, -0.2) is 9.97 Å². The fraction of sp³-hybridized carbons (Fsp3) is 0. The zero-order valence-electron chi connectivity index (χ0n) is 9.21. The van der Waals surface area contributed by atoms with Crippen molar-refractivity contribution in [2.75, 3.05) is 0 Å². The fourth-order valence-corrected chi connectivity index (χ4v) is 1.57. The van der Waals surface area contributed by atoms with E-state index in [2.05, 4.69) is 25.1 Å². The van der Waals surface area contributed by atoms with Gasteiger partial charge in [0.1, 0.15) is 0 Å². The van der Waals surface area contributed by atoms with Crippen LogP contribution in [0.25, 0.3) is 22.8 Å². The van der Waals surface area contributed by atoms with E-state index < -0.39 is 5.95 Å². The summed E-state index contributed by atoms with van der Waals surface area (Å²) in [6.45, 7) is 0. The smallest absolute Gasteiger partial charge is 0.213 e. The molecule has 0 aliphatic heterocycles. The lowest BCUT2D eigenvalue weighted by Gasteiger charge is -1.94. The van der Waals surface area contributed by atoms with Crippen LogP contribution in [0.4, 0.5) is 4.39 Å². The Morgan fingerprint density at radius 1 is 1.00 bits per heavy atom. The van der Waals surface area contributed by atoms with Crippen molar-refractivity contribution >= 4 is 0 Å². The lowest BCUT2D eigenvalue weighted by atomic mass is 10.2. The lowest BCUT2D eigenvalue weighted by Crippen LogP contribution is -1.85. The van der Waals surface area contributed by atoms with Crippen LogP contribution >= 0.6 is 0 Å². The summed E-state index contributed by atoms with van der Waals surface area (Å²) in [6.07, 6.45) is 4.72. The molecule has 0 amide bonds. The zero-order chi connectivity index (χ0) is 12.4. The number of pyridine rings is 2. The number of nitrogens with zero attached hydrogens (tertiary/aromatic N) is 4. The minimum Gasteiger partial charge on any atom is -0.265 e. The zero-order valence-corrected chi connectivity index (χ0v) is 9.21. The first kappa shape index (κ1) is 10.5. The van der Waals surface area contributed by atoms with Gasteiger partial charge in [-0.05, 0) is 18.2 Å². The predicted octanol–water partition coefficient (Wildman–Crippen LogP) is 2.07. The Morgan fingerprint density at radius 2 is 1.78 bits per heavy atom. The third-order valence-electron chi connectivity index (χ3n) is 2.42. The summed E-state index contributed by atoms with van der Waals surface area (Å²) in [6, 6.07) is 6.58. The van der Waals surface area contributed by atoms with Crippen LogP contribution in [0.15, 0.2) is 42.9 Å².